The monoisotopic (exact) mass is 441 g/mol. The van der Waals surface area contributed by atoms with E-state index in [-0.39, 0.29) is 29.0 Å². The van der Waals surface area contributed by atoms with E-state index < -0.39 is 5.41 Å². The summed E-state index contributed by atoms with van der Waals surface area (Å²) >= 11 is 0. The van der Waals surface area contributed by atoms with Crippen LogP contribution < -0.4 is 0 Å². The summed E-state index contributed by atoms with van der Waals surface area (Å²) in [6, 6.07) is 26.0. The summed E-state index contributed by atoms with van der Waals surface area (Å²) in [6.45, 7) is 2.30. The molecule has 3 aromatic carbocycles. The average molecular weight is 442 g/mol. The van der Waals surface area contributed by atoms with Crippen molar-refractivity contribution in [3.05, 3.63) is 107 Å². The molecule has 4 unspecified atom stereocenters. The number of esters is 1. The van der Waals surface area contributed by atoms with Crippen LogP contribution in [0.3, 0.4) is 0 Å². The molecule has 3 nitrogen and oxygen atoms in total. The van der Waals surface area contributed by atoms with Crippen molar-refractivity contribution in [3.63, 3.8) is 0 Å². The highest BCUT2D eigenvalue weighted by atomic mass is 19.1. The summed E-state index contributed by atoms with van der Waals surface area (Å²) in [5.74, 6) is -0.132. The Morgan fingerprint density at radius 1 is 1.03 bits per heavy atom. The molecule has 168 valence electrons. The van der Waals surface area contributed by atoms with Gasteiger partial charge in [-0.1, -0.05) is 66.7 Å². The van der Waals surface area contributed by atoms with Gasteiger partial charge >= 0.3 is 5.97 Å². The molecule has 4 heteroatoms. The van der Waals surface area contributed by atoms with Crippen LogP contribution >= 0.6 is 0 Å². The van der Waals surface area contributed by atoms with Gasteiger partial charge in [0.15, 0.2) is 0 Å². The zero-order valence-corrected chi connectivity index (χ0v) is 18.8. The Bertz CT molecular complexity index is 1190. The molecule has 0 radical (unpaired) electrons. The summed E-state index contributed by atoms with van der Waals surface area (Å²) in [4.78, 5) is 16.1. The van der Waals surface area contributed by atoms with Crippen molar-refractivity contribution in [2.24, 2.45) is 11.3 Å². The Balaban J connectivity index is 1.55. The average Bonchev–Trinajstić information content (AvgIpc) is 3.26. The van der Waals surface area contributed by atoms with Crippen molar-refractivity contribution in [2.45, 2.75) is 30.7 Å². The van der Waals surface area contributed by atoms with Crippen molar-refractivity contribution in [1.29, 1.82) is 0 Å². The third-order valence-electron chi connectivity index (χ3n) is 8.58. The lowest BCUT2D eigenvalue weighted by Crippen LogP contribution is -2.60. The molecule has 1 saturated carbocycles. The van der Waals surface area contributed by atoms with Gasteiger partial charge in [0.1, 0.15) is 5.82 Å². The third kappa shape index (κ3) is 2.80. The van der Waals surface area contributed by atoms with Crippen molar-refractivity contribution in [1.82, 2.24) is 4.90 Å². The van der Waals surface area contributed by atoms with E-state index in [1.54, 1.807) is 12.1 Å². The molecule has 1 saturated heterocycles. The van der Waals surface area contributed by atoms with Gasteiger partial charge in [0.2, 0.25) is 0 Å². The number of carbonyl (C=O) groups is 1. The van der Waals surface area contributed by atoms with Crippen LogP contribution in [0.1, 0.15) is 41.0 Å². The molecule has 2 bridgehead atoms. The van der Waals surface area contributed by atoms with Crippen LogP contribution in [0.5, 0.6) is 0 Å². The molecule has 1 heterocycles. The summed E-state index contributed by atoms with van der Waals surface area (Å²) < 4.78 is 19.5. The predicted octanol–water partition coefficient (Wildman–Crippen LogP) is 5.29. The Morgan fingerprint density at radius 3 is 2.52 bits per heavy atom. The molecule has 33 heavy (non-hydrogen) atoms. The van der Waals surface area contributed by atoms with Crippen LogP contribution in [0.4, 0.5) is 4.39 Å². The van der Waals surface area contributed by atoms with Gasteiger partial charge in [-0.3, -0.25) is 9.69 Å². The van der Waals surface area contributed by atoms with Crippen LogP contribution in [-0.4, -0.2) is 31.1 Å². The Hall–Kier alpha value is -2.98. The largest absolute Gasteiger partial charge is 0.469 e. The Labute approximate surface area is 194 Å². The van der Waals surface area contributed by atoms with Crippen molar-refractivity contribution in [2.75, 3.05) is 20.2 Å². The zero-order chi connectivity index (χ0) is 22.6. The number of methoxy groups -OCH3 is 1. The molecule has 0 spiro atoms. The van der Waals surface area contributed by atoms with Gasteiger partial charge in [-0.15, -0.1) is 0 Å². The first-order valence-electron chi connectivity index (χ1n) is 11.8. The lowest BCUT2D eigenvalue weighted by Gasteiger charge is -2.59. The number of fused-ring (bicyclic) bond motifs is 1. The number of halogens is 1. The minimum Gasteiger partial charge on any atom is -0.469 e. The normalized spacial score (nSPS) is 30.0. The molecule has 0 N–H and O–H groups in total. The number of benzene rings is 3. The fourth-order valence-electron chi connectivity index (χ4n) is 7.43. The molecule has 3 aromatic rings. The molecule has 0 aromatic heterocycles. The van der Waals surface area contributed by atoms with E-state index in [1.807, 2.05) is 18.2 Å². The summed E-state index contributed by atoms with van der Waals surface area (Å²) in [5.41, 5.74) is 3.98. The van der Waals surface area contributed by atoms with Crippen LogP contribution in [0.25, 0.3) is 0 Å². The van der Waals surface area contributed by atoms with Crippen LogP contribution in [0.2, 0.25) is 0 Å². The molecule has 7 rings (SSSR count). The number of hydrogen-bond donors (Lipinski definition) is 0. The number of ether oxygens (including phenoxy) is 1. The van der Waals surface area contributed by atoms with E-state index in [1.165, 1.54) is 23.8 Å². The maximum atomic E-state index is 13.9. The van der Waals surface area contributed by atoms with E-state index in [9.17, 15) is 9.18 Å². The van der Waals surface area contributed by atoms with Crippen LogP contribution in [-0.2, 0) is 21.5 Å². The lowest BCUT2D eigenvalue weighted by molar-refractivity contribution is -0.161. The Morgan fingerprint density at radius 2 is 1.76 bits per heavy atom. The van der Waals surface area contributed by atoms with Gasteiger partial charge in [-0.25, -0.2) is 4.39 Å². The standard InChI is InChI=1S/C29H28FNO2/c1-33-27(32)29-19-31(17-20-7-3-2-4-8-20)18-26(29)28(21-11-13-22(30)14-12-21)16-15-25(29)23-9-5-6-10-24(23)28/h2-14,25-26H,15-19H2,1H3. The van der Waals surface area contributed by atoms with Crippen molar-refractivity contribution in [3.8, 4) is 0 Å². The highest BCUT2D eigenvalue weighted by Gasteiger charge is 2.70. The topological polar surface area (TPSA) is 29.5 Å². The molecule has 3 aliphatic carbocycles. The van der Waals surface area contributed by atoms with Crippen molar-refractivity contribution >= 4 is 5.97 Å². The second kappa shape index (κ2) is 7.53. The van der Waals surface area contributed by atoms with Gasteiger partial charge < -0.3 is 4.74 Å². The fourth-order valence-corrected chi connectivity index (χ4v) is 7.43. The van der Waals surface area contributed by atoms with Gasteiger partial charge in [-0.05, 0) is 47.2 Å². The van der Waals surface area contributed by atoms with Gasteiger partial charge in [0.05, 0.1) is 12.5 Å². The minimum atomic E-state index is -0.607. The van der Waals surface area contributed by atoms with E-state index in [4.69, 9.17) is 4.74 Å². The van der Waals surface area contributed by atoms with E-state index in [0.29, 0.717) is 6.54 Å². The number of rotatable bonds is 4. The smallest absolute Gasteiger partial charge is 0.314 e. The summed E-state index contributed by atoms with van der Waals surface area (Å²) in [6.07, 6.45) is 1.89. The number of hydrogen-bond acceptors (Lipinski definition) is 3. The number of nitrogens with zero attached hydrogens (tertiary/aromatic N) is 1. The fraction of sp³-hybridized carbons (Fsp3) is 0.345. The molecular weight excluding hydrogens is 413 g/mol. The number of carbonyl (C=O) groups excluding carboxylic acids is 1. The van der Waals surface area contributed by atoms with Crippen LogP contribution in [0.15, 0.2) is 78.9 Å². The molecule has 4 atom stereocenters. The molecule has 2 fully saturated rings. The second-order valence-electron chi connectivity index (χ2n) is 9.90. The van der Waals surface area contributed by atoms with Gasteiger partial charge in [-0.2, -0.15) is 0 Å². The predicted molar refractivity (Wildman–Crippen MR) is 125 cm³/mol. The first-order valence-corrected chi connectivity index (χ1v) is 11.8. The van der Waals surface area contributed by atoms with Crippen molar-refractivity contribution < 1.29 is 13.9 Å². The quantitative estimate of drug-likeness (QED) is 0.515. The zero-order valence-electron chi connectivity index (χ0n) is 18.8. The first-order chi connectivity index (χ1) is 16.1. The minimum absolute atomic E-state index is 0.0697. The highest BCUT2D eigenvalue weighted by Crippen LogP contribution is 2.69. The molecule has 1 aliphatic heterocycles. The van der Waals surface area contributed by atoms with E-state index in [0.717, 1.165) is 31.5 Å². The maximum absolute atomic E-state index is 13.9. The van der Waals surface area contributed by atoms with Gasteiger partial charge in [0, 0.05) is 36.9 Å². The van der Waals surface area contributed by atoms with Crippen LogP contribution in [0, 0.1) is 17.2 Å². The number of likely N-dealkylation sites (tertiary alicyclic amines) is 1. The highest BCUT2D eigenvalue weighted by molar-refractivity contribution is 5.82. The molecule has 0 amide bonds. The van der Waals surface area contributed by atoms with Gasteiger partial charge in [0.25, 0.3) is 0 Å². The summed E-state index contributed by atoms with van der Waals surface area (Å²) in [5, 5.41) is 0. The third-order valence-corrected chi connectivity index (χ3v) is 8.58. The van der Waals surface area contributed by atoms with E-state index in [2.05, 4.69) is 53.4 Å². The molecule has 4 aliphatic rings. The summed E-state index contributed by atoms with van der Waals surface area (Å²) in [7, 11) is 1.52. The SMILES string of the molecule is COC(=O)C12CN(Cc3ccccc3)CC1C1(c3ccc(F)cc3)CCC2c2ccccc21. The first kappa shape index (κ1) is 20.6. The van der Waals surface area contributed by atoms with E-state index >= 15 is 0 Å². The molecular formula is C29H28FNO2. The second-order valence-corrected chi connectivity index (χ2v) is 9.90. The maximum Gasteiger partial charge on any atom is 0.314 e. The lowest BCUT2D eigenvalue weighted by atomic mass is 9.42. The Kier molecular flexibility index (Phi) is 4.70.